The van der Waals surface area contributed by atoms with Crippen LogP contribution < -0.4 is 5.32 Å². The number of hydrogen-bond acceptors (Lipinski definition) is 5. The van der Waals surface area contributed by atoms with Gasteiger partial charge >= 0.3 is 0 Å². The first-order valence-corrected chi connectivity index (χ1v) is 7.18. The second kappa shape index (κ2) is 5.61. The molecule has 2 saturated heterocycles. The van der Waals surface area contributed by atoms with Crippen molar-refractivity contribution >= 4 is 0 Å². The van der Waals surface area contributed by atoms with Crippen LogP contribution in [0, 0.1) is 0 Å². The summed E-state index contributed by atoms with van der Waals surface area (Å²) in [6.07, 6.45) is 5.79. The third-order valence-corrected chi connectivity index (χ3v) is 4.05. The summed E-state index contributed by atoms with van der Waals surface area (Å²) in [6, 6.07) is 0.465. The van der Waals surface area contributed by atoms with Crippen LogP contribution in [0.15, 0.2) is 10.6 Å². The van der Waals surface area contributed by atoms with Gasteiger partial charge in [-0.25, -0.2) is 4.98 Å². The number of hydrogen-bond donors (Lipinski definition) is 1. The van der Waals surface area contributed by atoms with Gasteiger partial charge in [0.25, 0.3) is 0 Å². The van der Waals surface area contributed by atoms with Gasteiger partial charge in [-0.2, -0.15) is 0 Å². The summed E-state index contributed by atoms with van der Waals surface area (Å²) in [5, 5.41) is 3.53. The lowest BCUT2D eigenvalue weighted by Gasteiger charge is -2.37. The SMILES string of the molecule is CCc1cnc(CNC2CCOC3(CCOC3)C2)o1. The first-order valence-electron chi connectivity index (χ1n) is 7.18. The zero-order chi connectivity index (χ0) is 13.1. The van der Waals surface area contributed by atoms with E-state index in [1.54, 1.807) is 0 Å². The van der Waals surface area contributed by atoms with Gasteiger partial charge < -0.3 is 19.2 Å². The van der Waals surface area contributed by atoms with E-state index in [9.17, 15) is 0 Å². The fraction of sp³-hybridized carbons (Fsp3) is 0.786. The molecule has 0 aliphatic carbocycles. The van der Waals surface area contributed by atoms with Gasteiger partial charge in [0.15, 0.2) is 0 Å². The standard InChI is InChI=1S/C14H22N2O3/c1-2-12-8-16-13(19-12)9-15-11-3-5-18-14(7-11)4-6-17-10-14/h8,11,15H,2-7,9-10H2,1H3. The highest BCUT2D eigenvalue weighted by molar-refractivity contribution is 4.96. The number of aromatic nitrogens is 1. The molecule has 1 aromatic heterocycles. The fourth-order valence-electron chi connectivity index (χ4n) is 2.89. The second-order valence-electron chi connectivity index (χ2n) is 5.48. The minimum absolute atomic E-state index is 0.0406. The predicted molar refractivity (Wildman–Crippen MR) is 69.9 cm³/mol. The molecule has 5 heteroatoms. The van der Waals surface area contributed by atoms with Crippen LogP contribution in [0.25, 0.3) is 0 Å². The van der Waals surface area contributed by atoms with Crippen molar-refractivity contribution in [3.05, 3.63) is 17.8 Å². The highest BCUT2D eigenvalue weighted by Gasteiger charge is 2.40. The summed E-state index contributed by atoms with van der Waals surface area (Å²) in [5.41, 5.74) is -0.0406. The van der Waals surface area contributed by atoms with Crippen LogP contribution in [0.4, 0.5) is 0 Å². The monoisotopic (exact) mass is 266 g/mol. The van der Waals surface area contributed by atoms with E-state index in [-0.39, 0.29) is 5.60 Å². The van der Waals surface area contributed by atoms with Crippen molar-refractivity contribution < 1.29 is 13.9 Å². The van der Waals surface area contributed by atoms with Crippen LogP contribution >= 0.6 is 0 Å². The minimum Gasteiger partial charge on any atom is -0.444 e. The van der Waals surface area contributed by atoms with Gasteiger partial charge in [-0.05, 0) is 12.8 Å². The third-order valence-electron chi connectivity index (χ3n) is 4.05. The number of oxazole rings is 1. The largest absolute Gasteiger partial charge is 0.444 e. The Balaban J connectivity index is 1.52. The average Bonchev–Trinajstić information content (AvgIpc) is 3.06. The Labute approximate surface area is 113 Å². The van der Waals surface area contributed by atoms with Gasteiger partial charge in [0.2, 0.25) is 5.89 Å². The number of ether oxygens (including phenoxy) is 2. The predicted octanol–water partition coefficient (Wildman–Crippen LogP) is 1.66. The Bertz CT molecular complexity index is 413. The molecule has 2 aliphatic heterocycles. The Kier molecular flexibility index (Phi) is 3.86. The molecule has 0 amide bonds. The zero-order valence-corrected chi connectivity index (χ0v) is 11.5. The lowest BCUT2D eigenvalue weighted by molar-refractivity contribution is -0.0896. The summed E-state index contributed by atoms with van der Waals surface area (Å²) in [7, 11) is 0. The van der Waals surface area contributed by atoms with Crippen LogP contribution in [0.1, 0.15) is 37.8 Å². The molecular formula is C14H22N2O3. The van der Waals surface area contributed by atoms with Gasteiger partial charge in [-0.3, -0.25) is 0 Å². The van der Waals surface area contributed by atoms with Crippen LogP contribution in [0.2, 0.25) is 0 Å². The molecule has 1 spiro atoms. The molecule has 1 aromatic rings. The van der Waals surface area contributed by atoms with Crippen LogP contribution in [0.5, 0.6) is 0 Å². The lowest BCUT2D eigenvalue weighted by Crippen LogP contribution is -2.47. The minimum atomic E-state index is -0.0406. The molecule has 0 radical (unpaired) electrons. The van der Waals surface area contributed by atoms with Crippen molar-refractivity contribution in [1.82, 2.24) is 10.3 Å². The number of rotatable bonds is 4. The maximum Gasteiger partial charge on any atom is 0.208 e. The maximum atomic E-state index is 5.93. The van der Waals surface area contributed by atoms with Gasteiger partial charge in [-0.1, -0.05) is 6.92 Å². The Morgan fingerprint density at radius 2 is 2.42 bits per heavy atom. The molecule has 5 nitrogen and oxygen atoms in total. The van der Waals surface area contributed by atoms with Crippen LogP contribution in [0.3, 0.4) is 0 Å². The smallest absolute Gasteiger partial charge is 0.208 e. The molecule has 2 atom stereocenters. The van der Waals surface area contributed by atoms with E-state index >= 15 is 0 Å². The van der Waals surface area contributed by atoms with Crippen molar-refractivity contribution in [3.8, 4) is 0 Å². The van der Waals surface area contributed by atoms with Gasteiger partial charge in [-0.15, -0.1) is 0 Å². The van der Waals surface area contributed by atoms with E-state index in [0.29, 0.717) is 12.6 Å². The fourth-order valence-corrected chi connectivity index (χ4v) is 2.89. The molecule has 19 heavy (non-hydrogen) atoms. The molecule has 2 aliphatic rings. The first kappa shape index (κ1) is 13.1. The molecule has 1 N–H and O–H groups in total. The summed E-state index contributed by atoms with van der Waals surface area (Å²) in [6.45, 7) is 5.14. The first-order chi connectivity index (χ1) is 9.30. The lowest BCUT2D eigenvalue weighted by atomic mass is 9.90. The van der Waals surface area contributed by atoms with Crippen LogP contribution in [-0.4, -0.2) is 36.4 Å². The highest BCUT2D eigenvalue weighted by atomic mass is 16.6. The topological polar surface area (TPSA) is 56.5 Å². The average molecular weight is 266 g/mol. The Morgan fingerprint density at radius 1 is 1.47 bits per heavy atom. The van der Waals surface area contributed by atoms with Crippen LogP contribution in [-0.2, 0) is 22.4 Å². The van der Waals surface area contributed by atoms with E-state index in [4.69, 9.17) is 13.9 Å². The number of aryl methyl sites for hydroxylation is 1. The molecule has 0 saturated carbocycles. The molecule has 3 rings (SSSR count). The molecule has 2 fully saturated rings. The van der Waals surface area contributed by atoms with Gasteiger partial charge in [0, 0.05) is 32.1 Å². The van der Waals surface area contributed by atoms with E-state index in [2.05, 4.69) is 17.2 Å². The van der Waals surface area contributed by atoms with Gasteiger partial charge in [0.1, 0.15) is 5.76 Å². The van der Waals surface area contributed by atoms with E-state index < -0.39 is 0 Å². The quantitative estimate of drug-likeness (QED) is 0.898. The van der Waals surface area contributed by atoms with Crippen molar-refractivity contribution in [3.63, 3.8) is 0 Å². The van der Waals surface area contributed by atoms with E-state index in [1.807, 2.05) is 6.20 Å². The number of nitrogens with one attached hydrogen (secondary N) is 1. The van der Waals surface area contributed by atoms with Crippen molar-refractivity contribution in [2.24, 2.45) is 0 Å². The Morgan fingerprint density at radius 3 is 3.16 bits per heavy atom. The maximum absolute atomic E-state index is 5.93. The summed E-state index contributed by atoms with van der Waals surface area (Å²) < 4.78 is 17.0. The Hall–Kier alpha value is -0.910. The molecule has 3 heterocycles. The van der Waals surface area contributed by atoms with Crippen molar-refractivity contribution in [1.29, 1.82) is 0 Å². The molecule has 0 aromatic carbocycles. The van der Waals surface area contributed by atoms with E-state index in [0.717, 1.165) is 57.2 Å². The second-order valence-corrected chi connectivity index (χ2v) is 5.48. The number of nitrogens with zero attached hydrogens (tertiary/aromatic N) is 1. The zero-order valence-electron chi connectivity index (χ0n) is 11.5. The summed E-state index contributed by atoms with van der Waals surface area (Å²) >= 11 is 0. The van der Waals surface area contributed by atoms with Gasteiger partial charge in [0.05, 0.1) is 24.9 Å². The normalized spacial score (nSPS) is 31.1. The molecule has 2 unspecified atom stereocenters. The third kappa shape index (κ3) is 2.99. The molecule has 0 bridgehead atoms. The molecule has 106 valence electrons. The van der Waals surface area contributed by atoms with Crippen molar-refractivity contribution in [2.45, 2.75) is 50.8 Å². The highest BCUT2D eigenvalue weighted by Crippen LogP contribution is 2.32. The summed E-state index contributed by atoms with van der Waals surface area (Å²) in [4.78, 5) is 4.28. The van der Waals surface area contributed by atoms with E-state index in [1.165, 1.54) is 0 Å². The summed E-state index contributed by atoms with van der Waals surface area (Å²) in [5.74, 6) is 1.73. The van der Waals surface area contributed by atoms with Crippen molar-refractivity contribution in [2.75, 3.05) is 19.8 Å². The molecular weight excluding hydrogens is 244 g/mol.